The van der Waals surface area contributed by atoms with Gasteiger partial charge < -0.3 is 53.2 Å². The van der Waals surface area contributed by atoms with E-state index >= 15 is 0 Å². The van der Waals surface area contributed by atoms with Gasteiger partial charge in [0, 0.05) is 32.1 Å². The monoisotopic (exact) mass is 762 g/mol. The van der Waals surface area contributed by atoms with Crippen molar-refractivity contribution < 1.29 is 77.2 Å². The first-order valence-corrected chi connectivity index (χ1v) is 18.5. The van der Waals surface area contributed by atoms with E-state index in [1.165, 1.54) is 0 Å². The molecule has 16 nitrogen and oxygen atoms in total. The van der Waals surface area contributed by atoms with E-state index in [4.69, 9.17) is 37.9 Å². The average Bonchev–Trinajstić information content (AvgIpc) is 3.24. The minimum atomic E-state index is -2.44. The number of hydrogen-bond acceptors (Lipinski definition) is 16. The predicted molar refractivity (Wildman–Crippen MR) is 185 cm³/mol. The molecule has 0 bridgehead atoms. The summed E-state index contributed by atoms with van der Waals surface area (Å²) in [5.41, 5.74) is 0. The van der Waals surface area contributed by atoms with Crippen LogP contribution in [0.15, 0.2) is 0 Å². The average molecular weight is 763 g/mol. The van der Waals surface area contributed by atoms with Crippen LogP contribution in [0.3, 0.4) is 0 Å². The molecule has 9 atom stereocenters. The van der Waals surface area contributed by atoms with Crippen molar-refractivity contribution >= 4 is 29.8 Å². The lowest BCUT2D eigenvalue weighted by Gasteiger charge is -2.45. The minimum Gasteiger partial charge on any atom is -0.463 e. The molecule has 2 fully saturated rings. The van der Waals surface area contributed by atoms with Crippen LogP contribution in [0.1, 0.15) is 101 Å². The van der Waals surface area contributed by atoms with Crippen LogP contribution >= 0.6 is 0 Å². The Morgan fingerprint density at radius 3 is 1.40 bits per heavy atom. The maximum absolute atomic E-state index is 13.1. The van der Waals surface area contributed by atoms with E-state index in [1.54, 1.807) is 41.5 Å². The molecule has 2 aliphatic rings. The minimum absolute atomic E-state index is 0.0215. The second-order valence-corrected chi connectivity index (χ2v) is 16.0. The Morgan fingerprint density at radius 1 is 0.547 bits per heavy atom. The van der Waals surface area contributed by atoms with Gasteiger partial charge in [0.05, 0.1) is 0 Å². The molecule has 0 aliphatic carbocycles. The number of aliphatic hydroxyl groups is 3. The van der Waals surface area contributed by atoms with Gasteiger partial charge in [-0.1, -0.05) is 69.2 Å². The number of hydrogen-bond donors (Lipinski definition) is 3. The number of carbonyl (C=O) groups excluding carboxylic acids is 5. The Bertz CT molecular complexity index is 1200. The van der Waals surface area contributed by atoms with Crippen LogP contribution in [0.2, 0.25) is 0 Å². The molecule has 16 heteroatoms. The molecule has 2 heterocycles. The summed E-state index contributed by atoms with van der Waals surface area (Å²) in [6, 6.07) is 0. The number of aliphatic hydroxyl groups excluding tert-OH is 3. The van der Waals surface area contributed by atoms with Crippen molar-refractivity contribution in [1.82, 2.24) is 0 Å². The molecule has 2 aliphatic heterocycles. The predicted octanol–water partition coefficient (Wildman–Crippen LogP) is 2.59. The van der Waals surface area contributed by atoms with Gasteiger partial charge >= 0.3 is 29.8 Å². The zero-order valence-electron chi connectivity index (χ0n) is 32.8. The largest absolute Gasteiger partial charge is 0.463 e. The van der Waals surface area contributed by atoms with Crippen LogP contribution in [-0.4, -0.2) is 120 Å². The molecule has 0 amide bonds. The summed E-state index contributed by atoms with van der Waals surface area (Å²) >= 11 is 0. The Kier molecular flexibility index (Phi) is 18.6. The van der Waals surface area contributed by atoms with E-state index in [2.05, 4.69) is 0 Å². The molecular formula is C37H62O16. The molecule has 0 radical (unpaired) electrons. The molecule has 0 unspecified atom stereocenters. The summed E-state index contributed by atoms with van der Waals surface area (Å²) in [4.78, 5) is 63.6. The van der Waals surface area contributed by atoms with Gasteiger partial charge in [0.2, 0.25) is 12.1 Å². The highest BCUT2D eigenvalue weighted by Crippen LogP contribution is 2.38. The molecule has 306 valence electrons. The number of ether oxygens (including phenoxy) is 8. The van der Waals surface area contributed by atoms with Gasteiger partial charge in [0.25, 0.3) is 0 Å². The van der Waals surface area contributed by atoms with Crippen molar-refractivity contribution in [1.29, 1.82) is 0 Å². The van der Waals surface area contributed by atoms with Crippen molar-refractivity contribution in [3.05, 3.63) is 0 Å². The second kappa shape index (κ2) is 21.3. The Labute approximate surface area is 312 Å². The zero-order valence-corrected chi connectivity index (χ0v) is 32.8. The normalized spacial score (nSPS) is 28.8. The van der Waals surface area contributed by atoms with E-state index in [0.29, 0.717) is 0 Å². The van der Waals surface area contributed by atoms with Gasteiger partial charge in [-0.25, -0.2) is 0 Å². The first-order valence-electron chi connectivity index (χ1n) is 18.5. The molecule has 0 aromatic heterocycles. The highest BCUT2D eigenvalue weighted by molar-refractivity contribution is 5.71. The summed E-state index contributed by atoms with van der Waals surface area (Å²) in [7, 11) is 0. The van der Waals surface area contributed by atoms with Crippen molar-refractivity contribution in [3.8, 4) is 0 Å². The fraction of sp³-hybridized carbons (Fsp3) is 0.865. The van der Waals surface area contributed by atoms with Crippen LogP contribution in [0.5, 0.6) is 0 Å². The summed E-state index contributed by atoms with van der Waals surface area (Å²) in [6.07, 6.45) is -13.5. The molecule has 2 saturated heterocycles. The third kappa shape index (κ3) is 15.0. The first kappa shape index (κ1) is 46.3. The Hall–Kier alpha value is -2.89. The molecule has 0 saturated carbocycles. The summed E-state index contributed by atoms with van der Waals surface area (Å²) < 4.78 is 45.8. The van der Waals surface area contributed by atoms with E-state index in [9.17, 15) is 39.3 Å². The van der Waals surface area contributed by atoms with Crippen LogP contribution in [0.4, 0.5) is 0 Å². The van der Waals surface area contributed by atoms with Crippen LogP contribution in [0.25, 0.3) is 0 Å². The highest BCUT2D eigenvalue weighted by atomic mass is 16.8. The number of carbonyl (C=O) groups is 5. The van der Waals surface area contributed by atoms with Crippen molar-refractivity contribution in [2.75, 3.05) is 19.8 Å². The molecule has 0 spiro atoms. The molecule has 0 aromatic carbocycles. The third-order valence-corrected chi connectivity index (χ3v) is 8.10. The van der Waals surface area contributed by atoms with Crippen LogP contribution in [0, 0.1) is 29.6 Å². The lowest BCUT2D eigenvalue weighted by Crippen LogP contribution is -2.64. The second-order valence-electron chi connectivity index (χ2n) is 16.0. The van der Waals surface area contributed by atoms with Crippen molar-refractivity contribution in [3.63, 3.8) is 0 Å². The molecule has 2 rings (SSSR count). The third-order valence-electron chi connectivity index (χ3n) is 8.10. The van der Waals surface area contributed by atoms with E-state index in [1.807, 2.05) is 27.7 Å². The quantitative estimate of drug-likeness (QED) is 0.120. The topological polar surface area (TPSA) is 220 Å². The van der Waals surface area contributed by atoms with Crippen molar-refractivity contribution in [2.45, 2.75) is 156 Å². The Morgan fingerprint density at radius 2 is 0.943 bits per heavy atom. The maximum Gasteiger partial charge on any atom is 0.306 e. The van der Waals surface area contributed by atoms with Crippen LogP contribution in [-0.2, 0) is 61.9 Å². The first-order chi connectivity index (χ1) is 24.6. The molecular weight excluding hydrogens is 700 g/mol. The lowest BCUT2D eigenvalue weighted by molar-refractivity contribution is -0.384. The van der Waals surface area contributed by atoms with Gasteiger partial charge in [-0.15, -0.1) is 0 Å². The van der Waals surface area contributed by atoms with Gasteiger partial charge in [-0.2, -0.15) is 0 Å². The summed E-state index contributed by atoms with van der Waals surface area (Å²) in [6.45, 7) is 16.0. The SMILES string of the molecule is CC(C)CC(=O)OC[C@H]1O[C@@](COC(=O)CC(C)C)(O[C@H]2O[C@H](COC(=O)CC(C)C)[C@@H](OC(=O)CC(C)C)[C@H](O)[C@H]2OC(=O)CC(C)C)[C@@H](O)[C@@H]1O. The lowest BCUT2D eigenvalue weighted by atomic mass is 9.97. The van der Waals surface area contributed by atoms with Gasteiger partial charge in [0.1, 0.15) is 50.3 Å². The number of rotatable bonds is 20. The van der Waals surface area contributed by atoms with E-state index in [0.717, 1.165) is 0 Å². The zero-order chi connectivity index (χ0) is 40.2. The van der Waals surface area contributed by atoms with Gasteiger partial charge in [-0.3, -0.25) is 24.0 Å². The van der Waals surface area contributed by atoms with Crippen molar-refractivity contribution in [2.24, 2.45) is 29.6 Å². The van der Waals surface area contributed by atoms with Crippen LogP contribution < -0.4 is 0 Å². The smallest absolute Gasteiger partial charge is 0.306 e. The maximum atomic E-state index is 13.1. The standard InChI is InChI=1S/C37H62O16/c1-19(2)11-26(38)46-16-24-31(43)35(45)37(52-24,18-48-28(40)13-21(5)6)53-36-34(51-30(42)15-23(9)10)32(44)33(50-29(41)14-22(7)8)25(49-36)17-47-27(39)12-20(3)4/h19-25,31-36,43-45H,11-18H2,1-10H3/t24-,25-,31-,32+,33-,34-,35+,36-,37+/m1/s1. The highest BCUT2D eigenvalue weighted by Gasteiger charge is 2.61. The van der Waals surface area contributed by atoms with E-state index in [-0.39, 0.29) is 61.7 Å². The van der Waals surface area contributed by atoms with E-state index < -0.39 is 104 Å². The summed E-state index contributed by atoms with van der Waals surface area (Å²) in [5, 5.41) is 34.3. The molecule has 0 aromatic rings. The fourth-order valence-corrected chi connectivity index (χ4v) is 5.61. The fourth-order valence-electron chi connectivity index (χ4n) is 5.61. The van der Waals surface area contributed by atoms with Gasteiger partial charge in [0.15, 0.2) is 12.2 Å². The van der Waals surface area contributed by atoms with Gasteiger partial charge in [-0.05, 0) is 29.6 Å². The number of esters is 5. The molecule has 53 heavy (non-hydrogen) atoms. The summed E-state index contributed by atoms with van der Waals surface area (Å²) in [5.74, 6) is -6.29. The molecule has 3 N–H and O–H groups in total. The Balaban J connectivity index is 2.58.